The van der Waals surface area contributed by atoms with Crippen molar-refractivity contribution in [1.82, 2.24) is 0 Å². The summed E-state index contributed by atoms with van der Waals surface area (Å²) in [6.45, 7) is 1.87. The molecule has 1 aromatic rings. The number of nitrogens with one attached hydrogen (secondary N) is 1. The molecule has 0 aliphatic rings. The molecule has 1 atom stereocenters. The lowest BCUT2D eigenvalue weighted by Gasteiger charge is -2.14. The van der Waals surface area contributed by atoms with Gasteiger partial charge in [0.25, 0.3) is 0 Å². The lowest BCUT2D eigenvalue weighted by atomic mass is 10.0. The molecule has 1 amide bonds. The number of aliphatic hydroxyl groups is 1. The Kier molecular flexibility index (Phi) is 5.81. The number of carbonyl (C=O) groups excluding carboxylic acids is 1. The molecule has 0 bridgehead atoms. The third kappa shape index (κ3) is 4.26. The fourth-order valence-electron chi connectivity index (χ4n) is 1.69. The van der Waals surface area contributed by atoms with Gasteiger partial charge in [-0.2, -0.15) is 0 Å². The maximum Gasteiger partial charge on any atom is 0.235 e. The third-order valence-electron chi connectivity index (χ3n) is 2.77. The Morgan fingerprint density at radius 1 is 1.42 bits per heavy atom. The molecule has 5 N–H and O–H groups in total. The van der Waals surface area contributed by atoms with Crippen LogP contribution in [0.2, 0.25) is 0 Å². The smallest absolute Gasteiger partial charge is 0.235 e. The molecule has 0 aliphatic carbocycles. The first-order valence-electron chi connectivity index (χ1n) is 6.10. The highest BCUT2D eigenvalue weighted by molar-refractivity contribution is 6.07. The monoisotopic (exact) mass is 265 g/mol. The van der Waals surface area contributed by atoms with Crippen LogP contribution in [0.3, 0.4) is 0 Å². The summed E-state index contributed by atoms with van der Waals surface area (Å²) in [5.74, 6) is -1.05. The molecule has 0 aromatic heterocycles. The van der Waals surface area contributed by atoms with Gasteiger partial charge in [0.2, 0.25) is 5.91 Å². The maximum atomic E-state index is 12.0. The van der Waals surface area contributed by atoms with Gasteiger partial charge in [0.05, 0.1) is 12.5 Å². The maximum absolute atomic E-state index is 12.0. The van der Waals surface area contributed by atoms with E-state index in [2.05, 4.69) is 10.5 Å². The number of hydrogen-bond donors (Lipinski definition) is 4. The van der Waals surface area contributed by atoms with E-state index >= 15 is 0 Å². The molecule has 0 saturated heterocycles. The minimum Gasteiger partial charge on any atom is -0.409 e. The van der Waals surface area contributed by atoms with Crippen LogP contribution in [-0.4, -0.2) is 22.1 Å². The lowest BCUT2D eigenvalue weighted by molar-refractivity contribution is -0.118. The van der Waals surface area contributed by atoms with E-state index in [1.165, 1.54) is 0 Å². The summed E-state index contributed by atoms with van der Waals surface area (Å²) >= 11 is 0. The number of aliphatic hydroxyl groups excluding tert-OH is 1. The van der Waals surface area contributed by atoms with Crippen LogP contribution < -0.4 is 11.1 Å². The minimum absolute atomic E-state index is 0.0448. The van der Waals surface area contributed by atoms with Crippen molar-refractivity contribution in [3.8, 4) is 0 Å². The van der Waals surface area contributed by atoms with Crippen LogP contribution in [-0.2, 0) is 11.4 Å². The quantitative estimate of drug-likeness (QED) is 0.269. The van der Waals surface area contributed by atoms with Gasteiger partial charge in [-0.05, 0) is 24.1 Å². The predicted octanol–water partition coefficient (Wildman–Crippen LogP) is 1.28. The number of benzene rings is 1. The first-order chi connectivity index (χ1) is 9.12. The van der Waals surface area contributed by atoms with Crippen LogP contribution in [0.15, 0.2) is 29.4 Å². The Morgan fingerprint density at radius 3 is 2.53 bits per heavy atom. The van der Waals surface area contributed by atoms with E-state index in [1.807, 2.05) is 6.92 Å². The number of hydrogen-bond acceptors (Lipinski definition) is 4. The summed E-state index contributed by atoms with van der Waals surface area (Å²) in [5, 5.41) is 23.2. The fourth-order valence-corrected chi connectivity index (χ4v) is 1.69. The van der Waals surface area contributed by atoms with Crippen molar-refractivity contribution in [3.63, 3.8) is 0 Å². The first kappa shape index (κ1) is 15.0. The van der Waals surface area contributed by atoms with Crippen molar-refractivity contribution in [2.45, 2.75) is 26.4 Å². The average molecular weight is 265 g/mol. The van der Waals surface area contributed by atoms with Gasteiger partial charge in [0.1, 0.15) is 0 Å². The molecule has 1 unspecified atom stereocenters. The third-order valence-corrected chi connectivity index (χ3v) is 2.77. The summed E-state index contributed by atoms with van der Waals surface area (Å²) in [6, 6.07) is 6.82. The van der Waals surface area contributed by atoms with Crippen LogP contribution in [0, 0.1) is 5.92 Å². The van der Waals surface area contributed by atoms with E-state index in [9.17, 15) is 4.79 Å². The van der Waals surface area contributed by atoms with Gasteiger partial charge >= 0.3 is 0 Å². The van der Waals surface area contributed by atoms with E-state index < -0.39 is 5.92 Å². The number of anilines is 1. The molecule has 1 aromatic carbocycles. The summed E-state index contributed by atoms with van der Waals surface area (Å²) < 4.78 is 0. The van der Waals surface area contributed by atoms with Crippen LogP contribution in [0.5, 0.6) is 0 Å². The highest BCUT2D eigenvalue weighted by Crippen LogP contribution is 2.14. The van der Waals surface area contributed by atoms with Crippen molar-refractivity contribution >= 4 is 17.4 Å². The highest BCUT2D eigenvalue weighted by atomic mass is 16.4. The van der Waals surface area contributed by atoms with E-state index in [-0.39, 0.29) is 18.3 Å². The zero-order valence-electron chi connectivity index (χ0n) is 10.8. The van der Waals surface area contributed by atoms with Gasteiger partial charge in [0, 0.05) is 5.69 Å². The second-order valence-electron chi connectivity index (χ2n) is 4.21. The van der Waals surface area contributed by atoms with Gasteiger partial charge in [-0.3, -0.25) is 4.79 Å². The Hall–Kier alpha value is -2.08. The van der Waals surface area contributed by atoms with Gasteiger partial charge in [-0.15, -0.1) is 0 Å². The van der Waals surface area contributed by atoms with Crippen LogP contribution in [0.25, 0.3) is 0 Å². The summed E-state index contributed by atoms with van der Waals surface area (Å²) in [5.41, 5.74) is 6.88. The topological polar surface area (TPSA) is 108 Å². The van der Waals surface area contributed by atoms with Crippen LogP contribution in [0.1, 0.15) is 25.3 Å². The standard InChI is InChI=1S/C13H19N3O3/c1-2-3-11(12(14)16-19)13(18)15-10-6-4-9(8-17)5-7-10/h4-7,11,17,19H,2-3,8H2,1H3,(H2,14,16)(H,15,18). The average Bonchev–Trinajstić information content (AvgIpc) is 2.44. The number of carbonyl (C=O) groups is 1. The van der Waals surface area contributed by atoms with Crippen molar-refractivity contribution in [1.29, 1.82) is 0 Å². The van der Waals surface area contributed by atoms with E-state index in [0.29, 0.717) is 12.1 Å². The molecule has 0 spiro atoms. The number of nitrogens with zero attached hydrogens (tertiary/aromatic N) is 1. The summed E-state index contributed by atoms with van der Waals surface area (Å²) in [4.78, 5) is 12.0. The van der Waals surface area contributed by atoms with Crippen molar-refractivity contribution in [3.05, 3.63) is 29.8 Å². The molecule has 0 saturated carbocycles. The van der Waals surface area contributed by atoms with Gasteiger partial charge in [0.15, 0.2) is 5.84 Å². The lowest BCUT2D eigenvalue weighted by Crippen LogP contribution is -2.34. The van der Waals surface area contributed by atoms with E-state index in [0.717, 1.165) is 12.0 Å². The van der Waals surface area contributed by atoms with Gasteiger partial charge < -0.3 is 21.4 Å². The Labute approximate surface area is 111 Å². The molecule has 0 aliphatic heterocycles. The zero-order chi connectivity index (χ0) is 14.3. The molecule has 0 radical (unpaired) electrons. The van der Waals surface area contributed by atoms with Crippen LogP contribution >= 0.6 is 0 Å². The highest BCUT2D eigenvalue weighted by Gasteiger charge is 2.22. The number of nitrogens with two attached hydrogens (primary N) is 1. The number of rotatable bonds is 6. The predicted molar refractivity (Wildman–Crippen MR) is 72.8 cm³/mol. The van der Waals surface area contributed by atoms with Gasteiger partial charge in [-0.1, -0.05) is 30.6 Å². The molecule has 0 heterocycles. The van der Waals surface area contributed by atoms with Crippen molar-refractivity contribution in [2.75, 3.05) is 5.32 Å². The molecule has 19 heavy (non-hydrogen) atoms. The number of oxime groups is 1. The van der Waals surface area contributed by atoms with Crippen LogP contribution in [0.4, 0.5) is 5.69 Å². The van der Waals surface area contributed by atoms with Crippen molar-refractivity contribution in [2.24, 2.45) is 16.8 Å². The Bertz CT molecular complexity index is 443. The zero-order valence-corrected chi connectivity index (χ0v) is 10.8. The Balaban J connectivity index is 2.75. The Morgan fingerprint density at radius 2 is 2.05 bits per heavy atom. The molecule has 6 heteroatoms. The van der Waals surface area contributed by atoms with Crippen molar-refractivity contribution < 1.29 is 15.1 Å². The second kappa shape index (κ2) is 7.38. The summed E-state index contributed by atoms with van der Waals surface area (Å²) in [7, 11) is 0. The van der Waals surface area contributed by atoms with E-state index in [1.54, 1.807) is 24.3 Å². The van der Waals surface area contributed by atoms with Gasteiger partial charge in [-0.25, -0.2) is 0 Å². The molecule has 6 nitrogen and oxygen atoms in total. The molecular formula is C13H19N3O3. The molecular weight excluding hydrogens is 246 g/mol. The fraction of sp³-hybridized carbons (Fsp3) is 0.385. The first-order valence-corrected chi connectivity index (χ1v) is 6.10. The largest absolute Gasteiger partial charge is 0.409 e. The van der Waals surface area contributed by atoms with E-state index in [4.69, 9.17) is 16.0 Å². The molecule has 104 valence electrons. The SMILES string of the molecule is CCCC(C(=O)Nc1ccc(CO)cc1)/C(N)=N/O. The molecule has 0 fully saturated rings. The normalized spacial score (nSPS) is 13.1. The number of amidine groups is 1. The second-order valence-corrected chi connectivity index (χ2v) is 4.21. The number of amides is 1. The minimum atomic E-state index is -0.646. The summed E-state index contributed by atoms with van der Waals surface area (Å²) in [6.07, 6.45) is 1.26. The molecule has 1 rings (SSSR count).